The van der Waals surface area contributed by atoms with Gasteiger partial charge in [0.05, 0.1) is 49.9 Å². The number of hydrogen-bond donors (Lipinski definition) is 3. The third-order valence-corrected chi connectivity index (χ3v) is 6.60. The fourth-order valence-corrected chi connectivity index (χ4v) is 4.43. The average Bonchev–Trinajstić information content (AvgIpc) is 3.15. The summed E-state index contributed by atoms with van der Waals surface area (Å²) in [6.45, 7) is 1.25. The molecule has 0 spiro atoms. The number of nitrogens with one attached hydrogen (secondary N) is 2. The van der Waals surface area contributed by atoms with E-state index in [1.807, 2.05) is 0 Å². The molecule has 0 aromatic heterocycles. The number of rotatable bonds is 17. The molecule has 5 amide bonds. The Kier molecular flexibility index (Phi) is 11.5. The molecular formula is C24H31N3O12S. The minimum atomic E-state index is -3.98. The van der Waals surface area contributed by atoms with Crippen molar-refractivity contribution in [3.8, 4) is 5.75 Å². The lowest BCUT2D eigenvalue weighted by Gasteiger charge is -2.27. The van der Waals surface area contributed by atoms with E-state index in [0.717, 1.165) is 4.90 Å². The molecule has 0 aliphatic carbocycles. The van der Waals surface area contributed by atoms with Crippen LogP contribution in [0.5, 0.6) is 5.75 Å². The van der Waals surface area contributed by atoms with E-state index in [9.17, 15) is 32.4 Å². The van der Waals surface area contributed by atoms with Gasteiger partial charge in [-0.25, -0.2) is 0 Å². The third kappa shape index (κ3) is 9.06. The molecule has 1 atom stereocenters. The molecule has 3 N–H and O–H groups in total. The zero-order valence-corrected chi connectivity index (χ0v) is 22.4. The second kappa shape index (κ2) is 14.8. The van der Waals surface area contributed by atoms with Gasteiger partial charge in [0.1, 0.15) is 11.8 Å². The van der Waals surface area contributed by atoms with Gasteiger partial charge >= 0.3 is 0 Å². The van der Waals surface area contributed by atoms with E-state index >= 15 is 0 Å². The van der Waals surface area contributed by atoms with E-state index in [-0.39, 0.29) is 88.1 Å². The van der Waals surface area contributed by atoms with Gasteiger partial charge in [0.25, 0.3) is 27.8 Å². The van der Waals surface area contributed by atoms with Crippen LogP contribution in [0.25, 0.3) is 0 Å². The first-order valence-electron chi connectivity index (χ1n) is 12.5. The minimum Gasteiger partial charge on any atom is -0.483 e. The van der Waals surface area contributed by atoms with Crippen LogP contribution in [0.2, 0.25) is 0 Å². The number of carbonyl (C=O) groups excluding carboxylic acids is 5. The van der Waals surface area contributed by atoms with E-state index in [0.29, 0.717) is 0 Å². The summed E-state index contributed by atoms with van der Waals surface area (Å²) >= 11 is 0. The van der Waals surface area contributed by atoms with Crippen molar-refractivity contribution in [3.05, 3.63) is 29.3 Å². The average molecular weight is 586 g/mol. The third-order valence-electron chi connectivity index (χ3n) is 5.79. The standard InChI is InChI=1S/C24H31N3O12S/c28-19-6-5-17(22(30)26-19)27-23(31)16-3-1-4-18(21(16)24(27)32)39-15-20(29)25-7-9-37-11-13-38-12-10-36-8-2-14-40(33,34)35/h1,3-4,17H,2,5-15H2,(H,25,29)(H,26,28,30)(H,33,34,35). The monoisotopic (exact) mass is 585 g/mol. The first kappa shape index (κ1) is 31.1. The van der Waals surface area contributed by atoms with Crippen molar-refractivity contribution in [1.29, 1.82) is 0 Å². The number of amides is 5. The Morgan fingerprint density at radius 2 is 1.68 bits per heavy atom. The molecule has 1 fully saturated rings. The van der Waals surface area contributed by atoms with Crippen LogP contribution < -0.4 is 15.4 Å². The topological polar surface area (TPSA) is 204 Å². The quantitative estimate of drug-likeness (QED) is 0.113. The van der Waals surface area contributed by atoms with Crippen molar-refractivity contribution >= 4 is 39.7 Å². The smallest absolute Gasteiger partial charge is 0.266 e. The predicted molar refractivity (Wildman–Crippen MR) is 135 cm³/mol. The Balaban J connectivity index is 1.30. The number of hydrogen-bond acceptors (Lipinski definition) is 11. The Bertz CT molecular complexity index is 1220. The molecule has 0 bridgehead atoms. The lowest BCUT2D eigenvalue weighted by Crippen LogP contribution is -2.54. The van der Waals surface area contributed by atoms with E-state index in [1.165, 1.54) is 18.2 Å². The number of fused-ring (bicyclic) bond motifs is 1. The Morgan fingerprint density at radius 3 is 2.35 bits per heavy atom. The second-order valence-corrected chi connectivity index (χ2v) is 10.3. The van der Waals surface area contributed by atoms with Crippen molar-refractivity contribution in [2.45, 2.75) is 25.3 Å². The van der Waals surface area contributed by atoms with Crippen LogP contribution in [0.1, 0.15) is 40.0 Å². The summed E-state index contributed by atoms with van der Waals surface area (Å²) in [4.78, 5) is 62.5. The number of imide groups is 2. The number of ether oxygens (including phenoxy) is 4. The number of piperidine rings is 1. The van der Waals surface area contributed by atoms with Crippen LogP contribution in [-0.4, -0.2) is 112 Å². The summed E-state index contributed by atoms with van der Waals surface area (Å²) in [6, 6.07) is 3.26. The Hall–Kier alpha value is -3.44. The summed E-state index contributed by atoms with van der Waals surface area (Å²) in [5.74, 6) is -3.41. The van der Waals surface area contributed by atoms with Crippen LogP contribution in [0.3, 0.4) is 0 Å². The van der Waals surface area contributed by atoms with Gasteiger partial charge < -0.3 is 24.3 Å². The van der Waals surface area contributed by atoms with Gasteiger partial charge in [-0.2, -0.15) is 8.42 Å². The molecule has 2 aliphatic heterocycles. The Labute approximate surface area is 230 Å². The maximum Gasteiger partial charge on any atom is 0.266 e. The van der Waals surface area contributed by atoms with Crippen LogP contribution in [0.15, 0.2) is 18.2 Å². The Morgan fingerprint density at radius 1 is 1.00 bits per heavy atom. The van der Waals surface area contributed by atoms with E-state index in [2.05, 4.69) is 10.6 Å². The second-order valence-electron chi connectivity index (χ2n) is 8.74. The van der Waals surface area contributed by atoms with Crippen molar-refractivity contribution in [2.24, 2.45) is 0 Å². The number of carbonyl (C=O) groups is 5. The fraction of sp³-hybridized carbons (Fsp3) is 0.542. The van der Waals surface area contributed by atoms with Gasteiger partial charge in [0.2, 0.25) is 11.8 Å². The summed E-state index contributed by atoms with van der Waals surface area (Å²) in [7, 11) is -3.98. The van der Waals surface area contributed by atoms with Crippen LogP contribution >= 0.6 is 0 Å². The van der Waals surface area contributed by atoms with Gasteiger partial charge in [-0.15, -0.1) is 0 Å². The number of nitrogens with zero attached hydrogens (tertiary/aromatic N) is 1. The molecule has 40 heavy (non-hydrogen) atoms. The largest absolute Gasteiger partial charge is 0.483 e. The highest BCUT2D eigenvalue weighted by atomic mass is 32.2. The molecule has 1 unspecified atom stereocenters. The van der Waals surface area contributed by atoms with E-state index < -0.39 is 52.3 Å². The molecule has 0 radical (unpaired) electrons. The first-order chi connectivity index (χ1) is 19.1. The first-order valence-corrected chi connectivity index (χ1v) is 14.1. The lowest BCUT2D eigenvalue weighted by molar-refractivity contribution is -0.136. The molecule has 3 rings (SSSR count). The van der Waals surface area contributed by atoms with E-state index in [1.54, 1.807) is 0 Å². The summed E-state index contributed by atoms with van der Waals surface area (Å²) in [6.07, 6.45) is 0.218. The highest BCUT2D eigenvalue weighted by Crippen LogP contribution is 2.33. The van der Waals surface area contributed by atoms with E-state index in [4.69, 9.17) is 23.5 Å². The highest BCUT2D eigenvalue weighted by molar-refractivity contribution is 7.85. The number of benzene rings is 1. The molecule has 1 aromatic rings. The van der Waals surface area contributed by atoms with Gasteiger partial charge in [0, 0.05) is 19.6 Å². The maximum absolute atomic E-state index is 13.0. The maximum atomic E-state index is 13.0. The molecule has 15 nitrogen and oxygen atoms in total. The molecule has 1 aromatic carbocycles. The van der Waals surface area contributed by atoms with Crippen molar-refractivity contribution in [3.63, 3.8) is 0 Å². The fourth-order valence-electron chi connectivity index (χ4n) is 3.95. The molecule has 2 aliphatic rings. The van der Waals surface area contributed by atoms with Crippen LogP contribution in [0.4, 0.5) is 0 Å². The van der Waals surface area contributed by atoms with Gasteiger partial charge in [-0.1, -0.05) is 6.07 Å². The molecule has 1 saturated heterocycles. The normalized spacial score (nSPS) is 17.1. The van der Waals surface area contributed by atoms with Gasteiger partial charge in [-0.3, -0.25) is 38.7 Å². The van der Waals surface area contributed by atoms with Crippen LogP contribution in [-0.2, 0) is 38.7 Å². The lowest BCUT2D eigenvalue weighted by atomic mass is 10.0. The summed E-state index contributed by atoms with van der Waals surface area (Å²) in [5.41, 5.74) is 0.00350. The summed E-state index contributed by atoms with van der Waals surface area (Å²) in [5, 5.41) is 4.72. The molecule has 0 saturated carbocycles. The highest BCUT2D eigenvalue weighted by Gasteiger charge is 2.46. The zero-order chi connectivity index (χ0) is 29.1. The van der Waals surface area contributed by atoms with Gasteiger partial charge in [0.15, 0.2) is 6.61 Å². The molecule has 220 valence electrons. The van der Waals surface area contributed by atoms with Crippen molar-refractivity contribution in [2.75, 3.05) is 58.5 Å². The van der Waals surface area contributed by atoms with Crippen LogP contribution in [0, 0.1) is 0 Å². The SMILES string of the molecule is O=C(COc1cccc2c1C(=O)N(C1CCC(=O)NC1=O)C2=O)NCCOCCOCCOCCCS(=O)(=O)O. The minimum absolute atomic E-state index is 0.00304. The molecule has 16 heteroatoms. The van der Waals surface area contributed by atoms with Gasteiger partial charge in [-0.05, 0) is 25.0 Å². The van der Waals surface area contributed by atoms with Crippen molar-refractivity contribution < 1.29 is 55.9 Å². The van der Waals surface area contributed by atoms with Crippen molar-refractivity contribution in [1.82, 2.24) is 15.5 Å². The predicted octanol–water partition coefficient (Wildman–Crippen LogP) is -1.09. The summed E-state index contributed by atoms with van der Waals surface area (Å²) < 4.78 is 51.0. The zero-order valence-electron chi connectivity index (χ0n) is 21.6. The molecule has 2 heterocycles. The molecular weight excluding hydrogens is 554 g/mol.